The molecule has 0 aliphatic carbocycles. The maximum absolute atomic E-state index is 8.71. The quantitative estimate of drug-likeness (QED) is 0.332. The van der Waals surface area contributed by atoms with E-state index in [-0.39, 0.29) is 13.2 Å². The van der Waals surface area contributed by atoms with Crippen LogP contribution in [0, 0.1) is 0 Å². The van der Waals surface area contributed by atoms with Crippen LogP contribution in [-0.4, -0.2) is 52.6 Å². The molecule has 0 fully saturated rings. The molecule has 0 saturated carbocycles. The molecular weight excluding hydrogens is 140 g/mol. The van der Waals surface area contributed by atoms with E-state index in [1.165, 1.54) is 0 Å². The van der Waals surface area contributed by atoms with E-state index in [1.807, 2.05) is 0 Å². The smallest absolute Gasteiger partial charge is 0.183 e. The lowest BCUT2D eigenvalue weighted by molar-refractivity contribution is -0.174. The Morgan fingerprint density at radius 3 is 2.20 bits per heavy atom. The minimum Gasteiger partial charge on any atom is -0.394 e. The normalized spacial score (nSPS) is 16.8. The van der Waals surface area contributed by atoms with Gasteiger partial charge in [-0.05, 0) is 0 Å². The van der Waals surface area contributed by atoms with Crippen molar-refractivity contribution in [1.29, 1.82) is 0 Å². The second-order valence-electron chi connectivity index (χ2n) is 1.73. The van der Waals surface area contributed by atoms with E-state index in [9.17, 15) is 0 Å². The SMILES string of the molecule is OCCO[C@H](O)[C@@H](O)CO. The molecule has 0 aromatic heterocycles. The summed E-state index contributed by atoms with van der Waals surface area (Å²) >= 11 is 0. The summed E-state index contributed by atoms with van der Waals surface area (Å²) in [5.74, 6) is 0. The molecule has 0 aromatic rings. The lowest BCUT2D eigenvalue weighted by Crippen LogP contribution is -2.32. The minimum atomic E-state index is -1.42. The largest absolute Gasteiger partial charge is 0.394 e. The average Bonchev–Trinajstić information content (AvgIpc) is 1.98. The topological polar surface area (TPSA) is 90.2 Å². The summed E-state index contributed by atoms with van der Waals surface area (Å²) < 4.78 is 4.44. The first-order chi connectivity index (χ1) is 4.72. The van der Waals surface area contributed by atoms with Crippen LogP contribution in [-0.2, 0) is 4.74 Å². The fourth-order valence-corrected chi connectivity index (χ4v) is 0.375. The van der Waals surface area contributed by atoms with Gasteiger partial charge in [-0.2, -0.15) is 0 Å². The van der Waals surface area contributed by atoms with Crippen molar-refractivity contribution in [2.24, 2.45) is 0 Å². The molecule has 5 nitrogen and oxygen atoms in total. The standard InChI is InChI=1S/C5H12O5/c6-1-2-10-5(9)4(8)3-7/h4-9H,1-3H2/t4-,5-/m0/s1. The third-order valence-corrected chi connectivity index (χ3v) is 0.896. The highest BCUT2D eigenvalue weighted by atomic mass is 16.6. The molecule has 62 valence electrons. The van der Waals surface area contributed by atoms with Gasteiger partial charge in [0.1, 0.15) is 6.10 Å². The zero-order chi connectivity index (χ0) is 7.98. The van der Waals surface area contributed by atoms with Crippen molar-refractivity contribution in [1.82, 2.24) is 0 Å². The Morgan fingerprint density at radius 1 is 1.20 bits per heavy atom. The average molecular weight is 152 g/mol. The highest BCUT2D eigenvalue weighted by Crippen LogP contribution is 1.93. The molecule has 0 amide bonds. The van der Waals surface area contributed by atoms with E-state index in [0.29, 0.717) is 0 Å². The summed E-state index contributed by atoms with van der Waals surface area (Å²) in [6.45, 7) is -0.847. The Kier molecular flexibility index (Phi) is 5.46. The third-order valence-electron chi connectivity index (χ3n) is 0.896. The molecule has 10 heavy (non-hydrogen) atoms. The molecular formula is C5H12O5. The van der Waals surface area contributed by atoms with Crippen molar-refractivity contribution in [2.75, 3.05) is 19.8 Å². The molecule has 5 heteroatoms. The first-order valence-corrected chi connectivity index (χ1v) is 2.91. The minimum absolute atomic E-state index is 0.0573. The fraction of sp³-hybridized carbons (Fsp3) is 1.00. The highest BCUT2D eigenvalue weighted by Gasteiger charge is 2.14. The van der Waals surface area contributed by atoms with Crippen LogP contribution < -0.4 is 0 Å². The van der Waals surface area contributed by atoms with Crippen LogP contribution in [0.5, 0.6) is 0 Å². The Hall–Kier alpha value is -0.200. The molecule has 0 unspecified atom stereocenters. The van der Waals surface area contributed by atoms with E-state index < -0.39 is 19.0 Å². The Morgan fingerprint density at radius 2 is 1.80 bits per heavy atom. The van der Waals surface area contributed by atoms with Gasteiger partial charge in [0.15, 0.2) is 6.29 Å². The van der Waals surface area contributed by atoms with E-state index in [4.69, 9.17) is 20.4 Å². The molecule has 0 aromatic carbocycles. The van der Waals surface area contributed by atoms with E-state index >= 15 is 0 Å². The third kappa shape index (κ3) is 3.76. The Bertz CT molecular complexity index is 76.4. The van der Waals surface area contributed by atoms with Gasteiger partial charge < -0.3 is 25.2 Å². The van der Waals surface area contributed by atoms with Crippen LogP contribution in [0.15, 0.2) is 0 Å². The summed E-state index contributed by atoms with van der Waals surface area (Å²) in [6, 6.07) is 0. The molecule has 4 N–H and O–H groups in total. The molecule has 0 saturated heterocycles. The van der Waals surface area contributed by atoms with Crippen LogP contribution in [0.4, 0.5) is 0 Å². The summed E-state index contributed by atoms with van der Waals surface area (Å²) in [6.07, 6.45) is -2.72. The maximum Gasteiger partial charge on any atom is 0.183 e. The summed E-state index contributed by atoms with van der Waals surface area (Å²) in [5.41, 5.74) is 0. The molecule has 0 heterocycles. The van der Waals surface area contributed by atoms with Crippen molar-refractivity contribution in [3.63, 3.8) is 0 Å². The number of ether oxygens (including phenoxy) is 1. The molecule has 0 rings (SSSR count). The van der Waals surface area contributed by atoms with Gasteiger partial charge in [0.2, 0.25) is 0 Å². The number of hydrogen-bond donors (Lipinski definition) is 4. The molecule has 0 bridgehead atoms. The number of aliphatic hydroxyl groups is 4. The van der Waals surface area contributed by atoms with Gasteiger partial charge in [-0.1, -0.05) is 0 Å². The zero-order valence-electron chi connectivity index (χ0n) is 5.47. The zero-order valence-corrected chi connectivity index (χ0v) is 5.47. The first-order valence-electron chi connectivity index (χ1n) is 2.91. The van der Waals surface area contributed by atoms with Gasteiger partial charge in [0, 0.05) is 0 Å². The number of hydrogen-bond acceptors (Lipinski definition) is 5. The van der Waals surface area contributed by atoms with Crippen molar-refractivity contribution in [3.8, 4) is 0 Å². The van der Waals surface area contributed by atoms with Gasteiger partial charge >= 0.3 is 0 Å². The van der Waals surface area contributed by atoms with E-state index in [1.54, 1.807) is 0 Å². The van der Waals surface area contributed by atoms with Crippen LogP contribution in [0.25, 0.3) is 0 Å². The van der Waals surface area contributed by atoms with Crippen molar-refractivity contribution in [2.45, 2.75) is 12.4 Å². The summed E-state index contributed by atoms with van der Waals surface area (Å²) in [7, 11) is 0. The maximum atomic E-state index is 8.71. The van der Waals surface area contributed by atoms with Crippen molar-refractivity contribution in [3.05, 3.63) is 0 Å². The molecule has 2 atom stereocenters. The number of rotatable bonds is 5. The van der Waals surface area contributed by atoms with Crippen LogP contribution in [0.2, 0.25) is 0 Å². The van der Waals surface area contributed by atoms with Crippen LogP contribution in [0.3, 0.4) is 0 Å². The van der Waals surface area contributed by atoms with Gasteiger partial charge in [-0.3, -0.25) is 0 Å². The molecule has 0 aliphatic rings. The first kappa shape index (κ1) is 9.80. The summed E-state index contributed by atoms with van der Waals surface area (Å²) in [4.78, 5) is 0. The molecule has 0 aliphatic heterocycles. The van der Waals surface area contributed by atoms with Crippen LogP contribution >= 0.6 is 0 Å². The van der Waals surface area contributed by atoms with Crippen molar-refractivity contribution < 1.29 is 25.2 Å². The Balaban J connectivity index is 3.31. The van der Waals surface area contributed by atoms with Gasteiger partial charge in [-0.15, -0.1) is 0 Å². The monoisotopic (exact) mass is 152 g/mol. The fourth-order valence-electron chi connectivity index (χ4n) is 0.375. The Labute approximate surface area is 58.5 Å². The van der Waals surface area contributed by atoms with Gasteiger partial charge in [0.25, 0.3) is 0 Å². The lowest BCUT2D eigenvalue weighted by atomic mass is 10.4. The highest BCUT2D eigenvalue weighted by molar-refractivity contribution is 4.54. The molecule has 0 spiro atoms. The predicted octanol–water partition coefficient (Wildman–Crippen LogP) is -2.33. The van der Waals surface area contributed by atoms with Crippen molar-refractivity contribution >= 4 is 0 Å². The number of aliphatic hydroxyl groups excluding tert-OH is 4. The van der Waals surface area contributed by atoms with Gasteiger partial charge in [-0.25, -0.2) is 0 Å². The van der Waals surface area contributed by atoms with E-state index in [2.05, 4.69) is 4.74 Å². The molecule has 0 radical (unpaired) electrons. The second-order valence-corrected chi connectivity index (χ2v) is 1.73. The van der Waals surface area contributed by atoms with E-state index in [0.717, 1.165) is 0 Å². The predicted molar refractivity (Wildman–Crippen MR) is 32.1 cm³/mol. The second kappa shape index (κ2) is 5.57. The summed E-state index contributed by atoms with van der Waals surface area (Å²) in [5, 5.41) is 33.8. The lowest BCUT2D eigenvalue weighted by Gasteiger charge is -2.14. The van der Waals surface area contributed by atoms with Crippen LogP contribution in [0.1, 0.15) is 0 Å². The van der Waals surface area contributed by atoms with Gasteiger partial charge in [0.05, 0.1) is 19.8 Å².